The summed E-state index contributed by atoms with van der Waals surface area (Å²) in [5.74, 6) is 1.35. The minimum Gasteiger partial charge on any atom is -0.497 e. The van der Waals surface area contributed by atoms with Gasteiger partial charge in [-0.1, -0.05) is 0 Å². The number of likely N-dealkylation sites (tertiary alicyclic amines) is 1. The molecule has 31 heavy (non-hydrogen) atoms. The quantitative estimate of drug-likeness (QED) is 0.729. The van der Waals surface area contributed by atoms with Crippen molar-refractivity contribution in [1.29, 1.82) is 0 Å². The summed E-state index contributed by atoms with van der Waals surface area (Å²) in [4.78, 5) is 40.5. The third kappa shape index (κ3) is 4.73. The summed E-state index contributed by atoms with van der Waals surface area (Å²) in [6, 6.07) is 10.3. The average molecular weight is 426 g/mol. The maximum Gasteiger partial charge on any atom is 0.339 e. The molecule has 2 aromatic rings. The third-order valence-electron chi connectivity index (χ3n) is 5.78. The Morgan fingerprint density at radius 3 is 2.42 bits per heavy atom. The Labute approximate surface area is 180 Å². The van der Waals surface area contributed by atoms with Gasteiger partial charge in [-0.15, -0.1) is 0 Å². The van der Waals surface area contributed by atoms with Crippen LogP contribution in [-0.2, 0) is 9.59 Å². The Hall–Kier alpha value is -3.29. The third-order valence-corrected chi connectivity index (χ3v) is 5.78. The van der Waals surface area contributed by atoms with Crippen molar-refractivity contribution in [2.24, 2.45) is 5.92 Å². The van der Waals surface area contributed by atoms with E-state index >= 15 is 0 Å². The lowest BCUT2D eigenvalue weighted by atomic mass is 10.0. The van der Waals surface area contributed by atoms with Crippen LogP contribution in [-0.4, -0.2) is 49.6 Å². The number of amides is 2. The average Bonchev–Trinajstić information content (AvgIpc) is 3.15. The van der Waals surface area contributed by atoms with Crippen LogP contribution in [0.15, 0.2) is 45.6 Å². The van der Waals surface area contributed by atoms with Gasteiger partial charge in [-0.2, -0.15) is 0 Å². The number of methoxy groups -OCH3 is 1. The Kier molecular flexibility index (Phi) is 5.97. The van der Waals surface area contributed by atoms with E-state index < -0.39 is 5.63 Å². The number of carbonyl (C=O) groups excluding carboxylic acids is 2. The van der Waals surface area contributed by atoms with Crippen LogP contribution in [0.1, 0.15) is 25.0 Å². The number of ether oxygens (including phenoxy) is 2. The molecule has 1 atom stereocenters. The molecule has 4 rings (SSSR count). The number of hydrogen-bond acceptors (Lipinski definition) is 6. The molecule has 2 amide bonds. The first-order chi connectivity index (χ1) is 14.9. The summed E-state index contributed by atoms with van der Waals surface area (Å²) < 4.78 is 16.0. The Balaban J connectivity index is 1.32. The molecular weight excluding hydrogens is 400 g/mol. The predicted octanol–water partition coefficient (Wildman–Crippen LogP) is 2.38. The standard InChI is InChI=1S/C23H26N2O6/c1-15-11-20(13-22(27)30-15)31-19-7-9-24(10-8-19)23(28)16-12-21(26)25(14-16)17-3-5-18(29-2)6-4-17/h3-6,11,13,16,19H,7-10,12,14H2,1-2H3/t16-/m0/s1. The van der Waals surface area contributed by atoms with Gasteiger partial charge < -0.3 is 23.7 Å². The van der Waals surface area contributed by atoms with Crippen molar-refractivity contribution in [3.05, 3.63) is 52.6 Å². The highest BCUT2D eigenvalue weighted by atomic mass is 16.5. The van der Waals surface area contributed by atoms with E-state index in [4.69, 9.17) is 13.9 Å². The van der Waals surface area contributed by atoms with Gasteiger partial charge in [-0.05, 0) is 31.2 Å². The monoisotopic (exact) mass is 426 g/mol. The van der Waals surface area contributed by atoms with E-state index in [1.54, 1.807) is 37.1 Å². The van der Waals surface area contributed by atoms with E-state index in [0.717, 1.165) is 11.4 Å². The lowest BCUT2D eigenvalue weighted by Gasteiger charge is -2.33. The fourth-order valence-electron chi connectivity index (χ4n) is 4.17. The summed E-state index contributed by atoms with van der Waals surface area (Å²) in [5.41, 5.74) is 0.339. The summed E-state index contributed by atoms with van der Waals surface area (Å²) in [6.45, 7) is 3.22. The zero-order valence-electron chi connectivity index (χ0n) is 17.7. The fraction of sp³-hybridized carbons (Fsp3) is 0.435. The van der Waals surface area contributed by atoms with Crippen LogP contribution in [0.4, 0.5) is 5.69 Å². The van der Waals surface area contributed by atoms with Gasteiger partial charge in [0.25, 0.3) is 0 Å². The minimum atomic E-state index is -0.435. The van der Waals surface area contributed by atoms with Gasteiger partial charge in [0.15, 0.2) is 0 Å². The molecule has 2 aliphatic rings. The molecular formula is C23H26N2O6. The van der Waals surface area contributed by atoms with Crippen LogP contribution in [0.5, 0.6) is 11.5 Å². The number of anilines is 1. The lowest BCUT2D eigenvalue weighted by Crippen LogP contribution is -2.44. The van der Waals surface area contributed by atoms with Crippen molar-refractivity contribution in [3.63, 3.8) is 0 Å². The number of hydrogen-bond donors (Lipinski definition) is 0. The SMILES string of the molecule is COc1ccc(N2C[C@@H](C(=O)N3CCC(Oc4cc(C)oc(=O)c4)CC3)CC2=O)cc1. The number of rotatable bonds is 5. The molecule has 0 saturated carbocycles. The van der Waals surface area contributed by atoms with Gasteiger partial charge >= 0.3 is 5.63 Å². The van der Waals surface area contributed by atoms with Crippen LogP contribution in [0.2, 0.25) is 0 Å². The molecule has 0 bridgehead atoms. The number of piperidine rings is 1. The molecule has 0 radical (unpaired) electrons. The zero-order chi connectivity index (χ0) is 22.0. The van der Waals surface area contributed by atoms with Crippen LogP contribution < -0.4 is 20.0 Å². The number of aryl methyl sites for hydroxylation is 1. The molecule has 2 saturated heterocycles. The van der Waals surface area contributed by atoms with Crippen LogP contribution in [0.3, 0.4) is 0 Å². The molecule has 0 spiro atoms. The second-order valence-corrected chi connectivity index (χ2v) is 7.97. The number of nitrogens with zero attached hydrogens (tertiary/aromatic N) is 2. The summed E-state index contributed by atoms with van der Waals surface area (Å²) in [5, 5.41) is 0. The summed E-state index contributed by atoms with van der Waals surface area (Å²) in [7, 11) is 1.59. The smallest absolute Gasteiger partial charge is 0.339 e. The molecule has 3 heterocycles. The van der Waals surface area contributed by atoms with E-state index in [1.807, 2.05) is 17.0 Å². The Bertz CT molecular complexity index is 1010. The Morgan fingerprint density at radius 2 is 1.77 bits per heavy atom. The van der Waals surface area contributed by atoms with Crippen molar-refractivity contribution >= 4 is 17.5 Å². The Morgan fingerprint density at radius 1 is 1.06 bits per heavy atom. The molecule has 2 aliphatic heterocycles. The highest BCUT2D eigenvalue weighted by molar-refractivity contribution is 6.00. The molecule has 164 valence electrons. The number of carbonyl (C=O) groups is 2. The molecule has 0 N–H and O–H groups in total. The van der Waals surface area contributed by atoms with E-state index in [1.165, 1.54) is 6.07 Å². The molecule has 1 aromatic heterocycles. The molecule has 8 nitrogen and oxygen atoms in total. The van der Waals surface area contributed by atoms with Crippen molar-refractivity contribution in [3.8, 4) is 11.5 Å². The highest BCUT2D eigenvalue weighted by Crippen LogP contribution is 2.29. The van der Waals surface area contributed by atoms with E-state index in [-0.39, 0.29) is 30.3 Å². The summed E-state index contributed by atoms with van der Waals surface area (Å²) in [6.07, 6.45) is 1.51. The second-order valence-electron chi connectivity index (χ2n) is 7.97. The molecule has 2 fully saturated rings. The van der Waals surface area contributed by atoms with Gasteiger partial charge in [0.1, 0.15) is 23.4 Å². The fourth-order valence-corrected chi connectivity index (χ4v) is 4.17. The highest BCUT2D eigenvalue weighted by Gasteiger charge is 2.38. The predicted molar refractivity (Wildman–Crippen MR) is 113 cm³/mol. The van der Waals surface area contributed by atoms with Gasteiger partial charge in [0.2, 0.25) is 11.8 Å². The first-order valence-electron chi connectivity index (χ1n) is 10.4. The summed E-state index contributed by atoms with van der Waals surface area (Å²) >= 11 is 0. The van der Waals surface area contributed by atoms with Crippen molar-refractivity contribution in [2.75, 3.05) is 31.6 Å². The maximum absolute atomic E-state index is 13.0. The van der Waals surface area contributed by atoms with Gasteiger partial charge in [-0.25, -0.2) is 4.79 Å². The minimum absolute atomic E-state index is 0.0130. The van der Waals surface area contributed by atoms with E-state index in [0.29, 0.717) is 44.0 Å². The molecule has 8 heteroatoms. The maximum atomic E-state index is 13.0. The largest absolute Gasteiger partial charge is 0.497 e. The van der Waals surface area contributed by atoms with Crippen LogP contribution >= 0.6 is 0 Å². The van der Waals surface area contributed by atoms with Crippen LogP contribution in [0, 0.1) is 12.8 Å². The van der Waals surface area contributed by atoms with Crippen LogP contribution in [0.25, 0.3) is 0 Å². The molecule has 0 unspecified atom stereocenters. The van der Waals surface area contributed by atoms with Crippen molar-refractivity contribution < 1.29 is 23.5 Å². The topological polar surface area (TPSA) is 89.3 Å². The van der Waals surface area contributed by atoms with E-state index in [9.17, 15) is 14.4 Å². The first kappa shape index (κ1) is 21.0. The van der Waals surface area contributed by atoms with Crippen molar-refractivity contribution in [2.45, 2.75) is 32.3 Å². The zero-order valence-corrected chi connectivity index (χ0v) is 17.7. The van der Waals surface area contributed by atoms with Crippen molar-refractivity contribution in [1.82, 2.24) is 4.90 Å². The normalized spacial score (nSPS) is 19.5. The lowest BCUT2D eigenvalue weighted by molar-refractivity contribution is -0.137. The molecule has 0 aliphatic carbocycles. The van der Waals surface area contributed by atoms with Gasteiger partial charge in [-0.3, -0.25) is 9.59 Å². The first-order valence-corrected chi connectivity index (χ1v) is 10.4. The molecule has 1 aromatic carbocycles. The van der Waals surface area contributed by atoms with Gasteiger partial charge in [0, 0.05) is 50.7 Å². The second kappa shape index (κ2) is 8.83. The van der Waals surface area contributed by atoms with E-state index in [2.05, 4.69) is 0 Å². The number of benzene rings is 1. The van der Waals surface area contributed by atoms with Gasteiger partial charge in [0.05, 0.1) is 19.1 Å².